The number of aromatic hydroxyl groups is 1. The fourth-order valence-electron chi connectivity index (χ4n) is 0.646. The Kier molecular flexibility index (Phi) is 1.58. The third kappa shape index (κ3) is 1.07. The first kappa shape index (κ1) is 6.61. The lowest BCUT2D eigenvalue weighted by Gasteiger charge is -1.96. The van der Waals surface area contributed by atoms with Crippen molar-refractivity contribution in [3.63, 3.8) is 0 Å². The van der Waals surface area contributed by atoms with Gasteiger partial charge in [0.1, 0.15) is 12.0 Å². The summed E-state index contributed by atoms with van der Waals surface area (Å²) < 4.78 is 0. The molecule has 3 nitrogen and oxygen atoms in total. The molecule has 1 aromatic rings. The Morgan fingerprint density at radius 1 is 1.50 bits per heavy atom. The molecule has 0 saturated heterocycles. The second kappa shape index (κ2) is 2.39. The predicted octanol–water partition coefficient (Wildman–Crippen LogP) is 0.787. The first-order chi connectivity index (χ1) is 4.74. The van der Waals surface area contributed by atoms with Gasteiger partial charge in [0.15, 0.2) is 0 Å². The molecule has 52 valence electrons. The van der Waals surface area contributed by atoms with Crippen LogP contribution in [0.3, 0.4) is 0 Å². The van der Waals surface area contributed by atoms with Crippen LogP contribution in [0.5, 0.6) is 5.75 Å². The van der Waals surface area contributed by atoms with Crippen molar-refractivity contribution in [3.8, 4) is 5.75 Å². The Hall–Kier alpha value is -1.51. The van der Waals surface area contributed by atoms with Gasteiger partial charge in [-0.1, -0.05) is 0 Å². The van der Waals surface area contributed by atoms with Crippen LogP contribution < -0.4 is 5.73 Å². The number of anilines is 1. The third-order valence-corrected chi connectivity index (χ3v) is 1.19. The van der Waals surface area contributed by atoms with Crippen LogP contribution in [0, 0.1) is 0 Å². The highest BCUT2D eigenvalue weighted by atomic mass is 16.3. The van der Waals surface area contributed by atoms with Crippen LogP contribution in [0.4, 0.5) is 5.69 Å². The minimum Gasteiger partial charge on any atom is -0.506 e. The Morgan fingerprint density at radius 2 is 2.20 bits per heavy atom. The number of nitrogens with two attached hydrogens (primary N) is 1. The van der Waals surface area contributed by atoms with Gasteiger partial charge in [0.25, 0.3) is 0 Å². The Balaban J connectivity index is 3.16. The molecular formula is C7H7NO2. The maximum absolute atomic E-state index is 10.1. The smallest absolute Gasteiger partial charge is 0.150 e. The van der Waals surface area contributed by atoms with E-state index >= 15 is 0 Å². The van der Waals surface area contributed by atoms with E-state index in [1.165, 1.54) is 18.2 Å². The Bertz CT molecular complexity index is 258. The lowest BCUT2D eigenvalue weighted by molar-refractivity contribution is 0.112. The maximum atomic E-state index is 10.1. The van der Waals surface area contributed by atoms with Crippen molar-refractivity contribution in [2.45, 2.75) is 0 Å². The fourth-order valence-corrected chi connectivity index (χ4v) is 0.646. The van der Waals surface area contributed by atoms with Crippen molar-refractivity contribution < 1.29 is 9.90 Å². The number of phenolic OH excluding ortho intramolecular Hbond substituents is 1. The van der Waals surface area contributed by atoms with E-state index in [2.05, 4.69) is 0 Å². The zero-order valence-electron chi connectivity index (χ0n) is 5.24. The molecule has 0 aliphatic rings. The molecule has 0 unspecified atom stereocenters. The summed E-state index contributed by atoms with van der Waals surface area (Å²) in [6.45, 7) is 0. The second-order valence-electron chi connectivity index (χ2n) is 1.94. The van der Waals surface area contributed by atoms with Crippen molar-refractivity contribution in [2.24, 2.45) is 0 Å². The monoisotopic (exact) mass is 137 g/mol. The number of benzene rings is 1. The van der Waals surface area contributed by atoms with Gasteiger partial charge in [0.05, 0.1) is 5.69 Å². The molecule has 0 aliphatic carbocycles. The van der Waals surface area contributed by atoms with Crippen molar-refractivity contribution >= 4 is 12.0 Å². The van der Waals surface area contributed by atoms with Crippen LogP contribution in [0.2, 0.25) is 0 Å². The van der Waals surface area contributed by atoms with E-state index in [0.29, 0.717) is 11.8 Å². The Morgan fingerprint density at radius 3 is 2.70 bits per heavy atom. The molecule has 0 heterocycles. The summed E-state index contributed by atoms with van der Waals surface area (Å²) in [7, 11) is 0. The van der Waals surface area contributed by atoms with E-state index < -0.39 is 0 Å². The lowest BCUT2D eigenvalue weighted by atomic mass is 10.2. The van der Waals surface area contributed by atoms with Crippen LogP contribution >= 0.6 is 0 Å². The molecule has 1 rings (SSSR count). The largest absolute Gasteiger partial charge is 0.506 e. The molecule has 1 aromatic carbocycles. The molecule has 0 aliphatic heterocycles. The van der Waals surface area contributed by atoms with Crippen LogP contribution in [0.15, 0.2) is 18.2 Å². The van der Waals surface area contributed by atoms with Gasteiger partial charge in [-0.25, -0.2) is 0 Å². The standard InChI is InChI=1S/C7H7NO2/c8-6-3-5(4-9)1-2-7(6)10/h1-4,10H,8H2. The highest BCUT2D eigenvalue weighted by Gasteiger charge is 1.95. The summed E-state index contributed by atoms with van der Waals surface area (Å²) in [4.78, 5) is 10.1. The summed E-state index contributed by atoms with van der Waals surface area (Å²) in [5.74, 6) is 0.00519. The molecule has 0 saturated carbocycles. The van der Waals surface area contributed by atoms with Gasteiger partial charge in [0.2, 0.25) is 0 Å². The number of rotatable bonds is 1. The van der Waals surface area contributed by atoms with E-state index in [1.807, 2.05) is 0 Å². The molecule has 0 radical (unpaired) electrons. The molecule has 0 atom stereocenters. The second-order valence-corrected chi connectivity index (χ2v) is 1.94. The number of hydrogen-bond donors (Lipinski definition) is 2. The Labute approximate surface area is 58.1 Å². The van der Waals surface area contributed by atoms with Crippen LogP contribution in [0.1, 0.15) is 10.4 Å². The predicted molar refractivity (Wildman–Crippen MR) is 37.9 cm³/mol. The van der Waals surface area contributed by atoms with E-state index in [0.717, 1.165) is 0 Å². The van der Waals surface area contributed by atoms with Gasteiger partial charge in [-0.3, -0.25) is 4.79 Å². The van der Waals surface area contributed by atoms with E-state index in [4.69, 9.17) is 10.8 Å². The number of carbonyl (C=O) groups excluding carboxylic acids is 1. The number of carbonyl (C=O) groups is 1. The molecule has 0 amide bonds. The van der Waals surface area contributed by atoms with Gasteiger partial charge in [-0.2, -0.15) is 0 Å². The van der Waals surface area contributed by atoms with Crippen LogP contribution in [-0.2, 0) is 0 Å². The van der Waals surface area contributed by atoms with Crippen LogP contribution in [0.25, 0.3) is 0 Å². The van der Waals surface area contributed by atoms with Gasteiger partial charge in [-0.15, -0.1) is 0 Å². The summed E-state index contributed by atoms with van der Waals surface area (Å²) in [6.07, 6.45) is 0.676. The van der Waals surface area contributed by atoms with Crippen LogP contribution in [-0.4, -0.2) is 11.4 Å². The molecule has 0 spiro atoms. The summed E-state index contributed by atoms with van der Waals surface area (Å²) >= 11 is 0. The summed E-state index contributed by atoms with van der Waals surface area (Å²) in [6, 6.07) is 4.31. The van der Waals surface area contributed by atoms with Crippen molar-refractivity contribution in [1.82, 2.24) is 0 Å². The molecule has 0 bridgehead atoms. The first-order valence-corrected chi connectivity index (χ1v) is 2.77. The van der Waals surface area contributed by atoms with E-state index in [1.54, 1.807) is 0 Å². The van der Waals surface area contributed by atoms with Gasteiger partial charge in [-0.05, 0) is 18.2 Å². The minimum atomic E-state index is 0.00519. The molecule has 3 heteroatoms. The maximum Gasteiger partial charge on any atom is 0.150 e. The molecule has 0 aromatic heterocycles. The first-order valence-electron chi connectivity index (χ1n) is 2.77. The topological polar surface area (TPSA) is 63.3 Å². The average molecular weight is 137 g/mol. The lowest BCUT2D eigenvalue weighted by Crippen LogP contribution is -1.87. The van der Waals surface area contributed by atoms with Crippen molar-refractivity contribution in [2.75, 3.05) is 5.73 Å². The van der Waals surface area contributed by atoms with E-state index in [-0.39, 0.29) is 11.4 Å². The minimum absolute atomic E-state index is 0.00519. The van der Waals surface area contributed by atoms with Crippen molar-refractivity contribution in [3.05, 3.63) is 23.8 Å². The van der Waals surface area contributed by atoms with Gasteiger partial charge >= 0.3 is 0 Å². The zero-order valence-corrected chi connectivity index (χ0v) is 5.24. The number of nitrogen functional groups attached to an aromatic ring is 1. The summed E-state index contributed by atoms with van der Waals surface area (Å²) in [5.41, 5.74) is 5.98. The molecular weight excluding hydrogens is 130 g/mol. The van der Waals surface area contributed by atoms with Crippen molar-refractivity contribution in [1.29, 1.82) is 0 Å². The number of hydrogen-bond acceptors (Lipinski definition) is 3. The number of phenols is 1. The fraction of sp³-hybridized carbons (Fsp3) is 0. The highest BCUT2D eigenvalue weighted by molar-refractivity contribution is 5.77. The van der Waals surface area contributed by atoms with Gasteiger partial charge in [0, 0.05) is 5.56 Å². The third-order valence-electron chi connectivity index (χ3n) is 1.19. The zero-order chi connectivity index (χ0) is 7.56. The SMILES string of the molecule is Nc1cc(C=O)ccc1O. The quantitative estimate of drug-likeness (QED) is 0.341. The molecule has 3 N–H and O–H groups in total. The molecule has 0 fully saturated rings. The summed E-state index contributed by atoms with van der Waals surface area (Å²) in [5, 5.41) is 8.90. The normalized spacial score (nSPS) is 9.20. The highest BCUT2D eigenvalue weighted by Crippen LogP contribution is 2.18. The number of aldehydes is 1. The average Bonchev–Trinajstić information content (AvgIpc) is 1.95. The van der Waals surface area contributed by atoms with Gasteiger partial charge < -0.3 is 10.8 Å². The molecule has 10 heavy (non-hydrogen) atoms. The van der Waals surface area contributed by atoms with E-state index in [9.17, 15) is 4.79 Å².